The van der Waals surface area contributed by atoms with Crippen molar-refractivity contribution in [2.24, 2.45) is 0 Å². The third-order valence-electron chi connectivity index (χ3n) is 6.81. The second kappa shape index (κ2) is 13.0. The SMILES string of the molecule is CCN(CC)Cc1cc(Br)ccc1OCc1ccc(C(=O)N2CCN(Cc3ccccc3)CC2)cc1. The number of rotatable bonds is 10. The zero-order valence-corrected chi connectivity index (χ0v) is 22.9. The monoisotopic (exact) mass is 549 g/mol. The largest absolute Gasteiger partial charge is 0.489 e. The molecule has 1 aliphatic rings. The minimum absolute atomic E-state index is 0.108. The summed E-state index contributed by atoms with van der Waals surface area (Å²) >= 11 is 3.59. The van der Waals surface area contributed by atoms with E-state index in [1.54, 1.807) is 0 Å². The quantitative estimate of drug-likeness (QED) is 0.319. The van der Waals surface area contributed by atoms with Crippen molar-refractivity contribution in [1.82, 2.24) is 14.7 Å². The van der Waals surface area contributed by atoms with E-state index in [2.05, 4.69) is 69.9 Å². The molecule has 3 aromatic carbocycles. The summed E-state index contributed by atoms with van der Waals surface area (Å²) in [4.78, 5) is 19.8. The number of benzene rings is 3. The lowest BCUT2D eigenvalue weighted by molar-refractivity contribution is 0.0628. The summed E-state index contributed by atoms with van der Waals surface area (Å²) in [6.07, 6.45) is 0. The minimum atomic E-state index is 0.108. The summed E-state index contributed by atoms with van der Waals surface area (Å²) in [5.74, 6) is 1.01. The topological polar surface area (TPSA) is 36.0 Å². The first kappa shape index (κ1) is 26.4. The Balaban J connectivity index is 1.30. The fourth-order valence-corrected chi connectivity index (χ4v) is 4.95. The van der Waals surface area contributed by atoms with Crippen LogP contribution in [-0.4, -0.2) is 59.9 Å². The molecular formula is C30H36BrN3O2. The predicted molar refractivity (Wildman–Crippen MR) is 149 cm³/mol. The van der Waals surface area contributed by atoms with Crippen LogP contribution < -0.4 is 4.74 Å². The van der Waals surface area contributed by atoms with E-state index >= 15 is 0 Å². The number of nitrogens with zero attached hydrogens (tertiary/aromatic N) is 3. The van der Waals surface area contributed by atoms with Crippen molar-refractivity contribution in [2.75, 3.05) is 39.3 Å². The van der Waals surface area contributed by atoms with Crippen molar-refractivity contribution >= 4 is 21.8 Å². The zero-order valence-electron chi connectivity index (χ0n) is 21.3. The molecule has 0 atom stereocenters. The normalized spacial score (nSPS) is 14.3. The van der Waals surface area contributed by atoms with Gasteiger partial charge < -0.3 is 9.64 Å². The Bertz CT molecular complexity index is 1110. The Morgan fingerprint density at radius 3 is 2.25 bits per heavy atom. The Hall–Kier alpha value is -2.67. The molecule has 1 saturated heterocycles. The van der Waals surface area contributed by atoms with E-state index in [9.17, 15) is 4.79 Å². The van der Waals surface area contributed by atoms with Gasteiger partial charge in [0, 0.05) is 54.9 Å². The van der Waals surface area contributed by atoms with Gasteiger partial charge in [0.25, 0.3) is 5.91 Å². The number of amides is 1. The Kier molecular flexibility index (Phi) is 9.56. The van der Waals surface area contributed by atoms with Crippen molar-refractivity contribution in [2.45, 2.75) is 33.5 Å². The van der Waals surface area contributed by atoms with E-state index in [-0.39, 0.29) is 5.91 Å². The van der Waals surface area contributed by atoms with Gasteiger partial charge in [-0.05, 0) is 54.5 Å². The molecule has 36 heavy (non-hydrogen) atoms. The van der Waals surface area contributed by atoms with Crippen LogP contribution in [0.5, 0.6) is 5.75 Å². The van der Waals surface area contributed by atoms with E-state index in [0.717, 1.165) is 73.7 Å². The van der Waals surface area contributed by atoms with Crippen molar-refractivity contribution < 1.29 is 9.53 Å². The summed E-state index contributed by atoms with van der Waals surface area (Å²) < 4.78 is 7.25. The van der Waals surface area contributed by atoms with Crippen LogP contribution in [0.1, 0.15) is 40.9 Å². The molecule has 0 bridgehead atoms. The average molecular weight is 551 g/mol. The molecule has 0 radical (unpaired) electrons. The van der Waals surface area contributed by atoms with Gasteiger partial charge in [-0.3, -0.25) is 14.6 Å². The number of halogens is 1. The summed E-state index contributed by atoms with van der Waals surface area (Å²) in [6.45, 7) is 11.9. The fraction of sp³-hybridized carbons (Fsp3) is 0.367. The highest BCUT2D eigenvalue weighted by Crippen LogP contribution is 2.26. The molecule has 1 amide bonds. The summed E-state index contributed by atoms with van der Waals surface area (Å²) in [6, 6.07) is 24.5. The lowest BCUT2D eigenvalue weighted by atomic mass is 10.1. The predicted octanol–water partition coefficient (Wildman–Crippen LogP) is 5.83. The van der Waals surface area contributed by atoms with Gasteiger partial charge in [0.2, 0.25) is 0 Å². The lowest BCUT2D eigenvalue weighted by Gasteiger charge is -2.34. The van der Waals surface area contributed by atoms with E-state index in [1.165, 1.54) is 11.1 Å². The molecule has 0 unspecified atom stereocenters. The van der Waals surface area contributed by atoms with Gasteiger partial charge in [-0.1, -0.05) is 72.2 Å². The fourth-order valence-electron chi connectivity index (χ4n) is 4.54. The van der Waals surface area contributed by atoms with Gasteiger partial charge >= 0.3 is 0 Å². The van der Waals surface area contributed by atoms with Crippen molar-refractivity contribution in [3.63, 3.8) is 0 Å². The maximum absolute atomic E-state index is 13.1. The molecule has 0 aromatic heterocycles. The molecule has 1 aliphatic heterocycles. The first-order valence-corrected chi connectivity index (χ1v) is 13.6. The van der Waals surface area contributed by atoms with Gasteiger partial charge in [-0.2, -0.15) is 0 Å². The van der Waals surface area contributed by atoms with Crippen molar-refractivity contribution in [1.29, 1.82) is 0 Å². The molecule has 4 rings (SSSR count). The van der Waals surface area contributed by atoms with E-state index < -0.39 is 0 Å². The van der Waals surface area contributed by atoms with Crippen LogP contribution in [0, 0.1) is 0 Å². The Morgan fingerprint density at radius 1 is 0.889 bits per heavy atom. The highest BCUT2D eigenvalue weighted by molar-refractivity contribution is 9.10. The smallest absolute Gasteiger partial charge is 0.253 e. The maximum atomic E-state index is 13.1. The lowest BCUT2D eigenvalue weighted by Crippen LogP contribution is -2.48. The molecule has 5 nitrogen and oxygen atoms in total. The maximum Gasteiger partial charge on any atom is 0.253 e. The van der Waals surface area contributed by atoms with Gasteiger partial charge in [0.15, 0.2) is 0 Å². The average Bonchev–Trinajstić information content (AvgIpc) is 2.92. The Morgan fingerprint density at radius 2 is 1.58 bits per heavy atom. The molecule has 190 valence electrons. The second-order valence-corrected chi connectivity index (χ2v) is 10.2. The first-order valence-electron chi connectivity index (χ1n) is 12.8. The first-order chi connectivity index (χ1) is 17.6. The number of hydrogen-bond acceptors (Lipinski definition) is 4. The molecule has 1 fully saturated rings. The number of hydrogen-bond donors (Lipinski definition) is 0. The van der Waals surface area contributed by atoms with Crippen LogP contribution in [0.4, 0.5) is 0 Å². The van der Waals surface area contributed by atoms with E-state index in [4.69, 9.17) is 4.74 Å². The molecule has 0 aliphatic carbocycles. The Labute approximate surface area is 223 Å². The van der Waals surface area contributed by atoms with Crippen LogP contribution in [0.2, 0.25) is 0 Å². The molecule has 3 aromatic rings. The standard InChI is InChI=1S/C30H36BrN3O2/c1-3-32(4-2)22-27-20-28(31)14-15-29(27)36-23-25-10-12-26(13-11-25)30(35)34-18-16-33(17-19-34)21-24-8-6-5-7-9-24/h5-15,20H,3-4,16-19,21-23H2,1-2H3. The van der Waals surface area contributed by atoms with E-state index in [0.29, 0.717) is 6.61 Å². The van der Waals surface area contributed by atoms with Gasteiger partial charge in [0.1, 0.15) is 12.4 Å². The van der Waals surface area contributed by atoms with Gasteiger partial charge in [-0.25, -0.2) is 0 Å². The van der Waals surface area contributed by atoms with Crippen molar-refractivity contribution in [3.8, 4) is 5.75 Å². The number of carbonyl (C=O) groups excluding carboxylic acids is 1. The van der Waals surface area contributed by atoms with Gasteiger partial charge in [0.05, 0.1) is 0 Å². The van der Waals surface area contributed by atoms with E-state index in [1.807, 2.05) is 47.4 Å². The molecular weight excluding hydrogens is 514 g/mol. The summed E-state index contributed by atoms with van der Waals surface area (Å²) in [7, 11) is 0. The van der Waals surface area contributed by atoms with Crippen LogP contribution in [0.15, 0.2) is 77.3 Å². The van der Waals surface area contributed by atoms with Crippen LogP contribution in [-0.2, 0) is 19.7 Å². The van der Waals surface area contributed by atoms with Crippen LogP contribution in [0.3, 0.4) is 0 Å². The summed E-state index contributed by atoms with van der Waals surface area (Å²) in [5.41, 5.74) is 4.28. The third-order valence-corrected chi connectivity index (χ3v) is 7.31. The second-order valence-electron chi connectivity index (χ2n) is 9.25. The highest BCUT2D eigenvalue weighted by atomic mass is 79.9. The summed E-state index contributed by atoms with van der Waals surface area (Å²) in [5, 5.41) is 0. The zero-order chi connectivity index (χ0) is 25.3. The molecule has 1 heterocycles. The minimum Gasteiger partial charge on any atom is -0.489 e. The van der Waals surface area contributed by atoms with Crippen LogP contribution in [0.25, 0.3) is 0 Å². The number of piperazine rings is 1. The van der Waals surface area contributed by atoms with Gasteiger partial charge in [-0.15, -0.1) is 0 Å². The molecule has 0 saturated carbocycles. The third kappa shape index (κ3) is 7.19. The van der Waals surface area contributed by atoms with Crippen molar-refractivity contribution in [3.05, 3.63) is 99.5 Å². The number of ether oxygens (including phenoxy) is 1. The molecule has 0 N–H and O–H groups in total. The highest BCUT2D eigenvalue weighted by Gasteiger charge is 2.22. The molecule has 6 heteroatoms. The van der Waals surface area contributed by atoms with Crippen LogP contribution >= 0.6 is 15.9 Å². The number of carbonyl (C=O) groups is 1. The molecule has 0 spiro atoms.